The first-order valence-corrected chi connectivity index (χ1v) is 25.6. The molecule has 1 aliphatic carbocycles. The van der Waals surface area contributed by atoms with E-state index in [2.05, 4.69) is 59.9 Å². The lowest BCUT2D eigenvalue weighted by molar-refractivity contribution is -0.302. The highest BCUT2D eigenvalue weighted by molar-refractivity contribution is 6.39. The van der Waals surface area contributed by atoms with Gasteiger partial charge in [0.15, 0.2) is 0 Å². The number of amides is 1. The number of nitrogens with one attached hydrogen (secondary N) is 1. The molecule has 4 aliphatic rings. The molecule has 2 saturated heterocycles. The van der Waals surface area contributed by atoms with E-state index in [1.807, 2.05) is 39.8 Å². The van der Waals surface area contributed by atoms with Crippen molar-refractivity contribution in [1.82, 2.24) is 9.47 Å². The van der Waals surface area contributed by atoms with Crippen molar-refractivity contribution in [3.63, 3.8) is 0 Å². The number of methoxy groups -OCH3 is 2. The van der Waals surface area contributed by atoms with Crippen LogP contribution in [0.5, 0.6) is 0 Å². The van der Waals surface area contributed by atoms with Crippen LogP contribution < -0.4 is 5.32 Å². The molecule has 69 heavy (non-hydrogen) atoms. The van der Waals surface area contributed by atoms with E-state index >= 15 is 0 Å². The average molecular weight is 960 g/mol. The van der Waals surface area contributed by atoms with E-state index in [0.717, 1.165) is 41.5 Å². The molecule has 1 saturated carbocycles. The van der Waals surface area contributed by atoms with Gasteiger partial charge in [-0.3, -0.25) is 14.4 Å². The average Bonchev–Trinajstić information content (AvgIpc) is 3.73. The second-order valence-electron chi connectivity index (χ2n) is 20.6. The molecule has 2 bridgehead atoms. The van der Waals surface area contributed by atoms with Crippen LogP contribution in [-0.2, 0) is 49.4 Å². The number of rotatable bonds is 11. The fourth-order valence-corrected chi connectivity index (χ4v) is 11.5. The number of benzene rings is 1. The van der Waals surface area contributed by atoms with Crippen molar-refractivity contribution in [3.05, 3.63) is 66.4 Å². The summed E-state index contributed by atoms with van der Waals surface area (Å²) in [4.78, 5) is 58.7. The molecule has 14 nitrogen and oxygen atoms in total. The predicted molar refractivity (Wildman–Crippen MR) is 266 cm³/mol. The number of aliphatic hydroxyl groups is 2. The minimum absolute atomic E-state index is 0.0313. The van der Waals surface area contributed by atoms with Crippen LogP contribution in [0.2, 0.25) is 0 Å². The summed E-state index contributed by atoms with van der Waals surface area (Å²) >= 11 is 0. The number of carbonyl (C=O) groups excluding carboxylic acids is 4. The Hall–Kier alpha value is -4.18. The number of aromatic nitrogens is 1. The molecule has 0 radical (unpaired) electrons. The largest absolute Gasteiger partial charge is 0.456 e. The number of nitrogens with zero attached hydrogens (tertiary/aromatic N) is 2. The fourth-order valence-electron chi connectivity index (χ4n) is 11.5. The maximum absolute atomic E-state index is 14.6. The Morgan fingerprint density at radius 3 is 2.41 bits per heavy atom. The molecule has 1 aromatic heterocycles. The molecule has 1 amide bonds. The van der Waals surface area contributed by atoms with Crippen molar-refractivity contribution in [1.29, 1.82) is 0 Å². The summed E-state index contributed by atoms with van der Waals surface area (Å²) in [5, 5.41) is 29.0. The van der Waals surface area contributed by atoms with Crippen LogP contribution in [0, 0.1) is 29.6 Å². The number of allylic oxidation sites excluding steroid dienone is 4. The summed E-state index contributed by atoms with van der Waals surface area (Å²) < 4.78 is 33.1. The Morgan fingerprint density at radius 1 is 0.971 bits per heavy atom. The molecule has 14 atom stereocenters. The van der Waals surface area contributed by atoms with Crippen LogP contribution in [0.4, 0.5) is 5.69 Å². The Kier molecular flexibility index (Phi) is 19.1. The highest BCUT2D eigenvalue weighted by Crippen LogP contribution is 2.40. The van der Waals surface area contributed by atoms with Gasteiger partial charge in [0.25, 0.3) is 11.7 Å². The van der Waals surface area contributed by atoms with E-state index in [1.165, 1.54) is 4.90 Å². The first kappa shape index (κ1) is 54.2. The summed E-state index contributed by atoms with van der Waals surface area (Å²) in [5.74, 6) is -7.41. The van der Waals surface area contributed by atoms with Gasteiger partial charge in [-0.1, -0.05) is 51.5 Å². The highest BCUT2D eigenvalue weighted by atomic mass is 16.7. The van der Waals surface area contributed by atoms with Crippen LogP contribution in [-0.4, -0.2) is 125 Å². The standard InChI is InChI=1S/C55H81N3O11/c1-11-22-57-24-21-40-31-41(18-20-43(40)57)56-42-19-17-38(30-47(42)67-13-3)28-35(6)50-37(8)45(59)32-46(60)39(12-2)26-33(4)25-34(5)27-48(65-9)51-49(66-10)29-36(7)55(64,69-51)52(61)53(62)58-23-15-14-16-44(58)54(63)68-50/h11,18,20-21,24,26,28,31,34,36-39,42,44-45,47-51,56,59,64H,1,12-17,19,22-23,25,27,29-30,32H2,2-10H3. The van der Waals surface area contributed by atoms with Crippen molar-refractivity contribution >= 4 is 40.0 Å². The number of hydrogen-bond acceptors (Lipinski definition) is 12. The number of fused-ring (bicyclic) bond motifs is 4. The van der Waals surface area contributed by atoms with Crippen molar-refractivity contribution in [2.24, 2.45) is 29.6 Å². The van der Waals surface area contributed by atoms with Gasteiger partial charge in [0.05, 0.1) is 30.5 Å². The molecule has 14 unspecified atom stereocenters. The van der Waals surface area contributed by atoms with Crippen LogP contribution in [0.1, 0.15) is 119 Å². The van der Waals surface area contributed by atoms with Gasteiger partial charge >= 0.3 is 5.97 Å². The zero-order valence-electron chi connectivity index (χ0n) is 42.7. The molecule has 0 spiro atoms. The van der Waals surface area contributed by atoms with Gasteiger partial charge in [-0.25, -0.2) is 4.79 Å². The Balaban J connectivity index is 1.30. The van der Waals surface area contributed by atoms with Gasteiger partial charge < -0.3 is 48.7 Å². The van der Waals surface area contributed by atoms with Gasteiger partial charge in [0, 0.05) is 80.9 Å². The number of hydrogen-bond donors (Lipinski definition) is 3. The second kappa shape index (κ2) is 24.3. The van der Waals surface area contributed by atoms with E-state index < -0.39 is 77.8 Å². The van der Waals surface area contributed by atoms with Gasteiger partial charge in [0.1, 0.15) is 24.0 Å². The zero-order valence-corrected chi connectivity index (χ0v) is 42.7. The molecule has 3 fully saturated rings. The predicted octanol–water partition coefficient (Wildman–Crippen LogP) is 8.12. The Morgan fingerprint density at radius 2 is 1.71 bits per heavy atom. The monoisotopic (exact) mass is 960 g/mol. The fraction of sp³-hybridized carbons (Fsp3) is 0.673. The van der Waals surface area contributed by atoms with Crippen LogP contribution >= 0.6 is 0 Å². The van der Waals surface area contributed by atoms with Crippen molar-refractivity contribution in [2.75, 3.05) is 32.7 Å². The number of esters is 1. The van der Waals surface area contributed by atoms with Gasteiger partial charge in [-0.15, -0.1) is 6.58 Å². The SMILES string of the molecule is C=CCn1ccc2cc(NC3CCC(C=C(C)C4OC(=O)C5CCCCN5C(=O)C(=O)C5(O)OC(C(OC)CC(C)CC(C)=CC(CC)C(=O)CC(O)C4C)C(OC)CC5C)CC3OCC)ccc21. The lowest BCUT2D eigenvalue weighted by Gasteiger charge is -2.47. The zero-order chi connectivity index (χ0) is 50.2. The van der Waals surface area contributed by atoms with Crippen molar-refractivity contribution in [3.8, 4) is 0 Å². The summed E-state index contributed by atoms with van der Waals surface area (Å²) in [6.45, 7) is 18.6. The maximum atomic E-state index is 14.6. The minimum atomic E-state index is -2.51. The lowest BCUT2D eigenvalue weighted by atomic mass is 9.80. The van der Waals surface area contributed by atoms with Gasteiger partial charge in [-0.2, -0.15) is 0 Å². The molecule has 4 heterocycles. The Bertz CT molecular complexity index is 2170. The summed E-state index contributed by atoms with van der Waals surface area (Å²) in [5.41, 5.74) is 3.87. The molecular weight excluding hydrogens is 879 g/mol. The first-order chi connectivity index (χ1) is 33.0. The number of aliphatic hydroxyl groups excluding tert-OH is 1. The molecule has 2 aromatic rings. The molecule has 6 rings (SSSR count). The van der Waals surface area contributed by atoms with Crippen LogP contribution in [0.15, 0.2) is 66.4 Å². The number of anilines is 1. The number of ether oxygens (including phenoxy) is 5. The van der Waals surface area contributed by atoms with Crippen molar-refractivity contribution in [2.45, 2.75) is 180 Å². The quantitative estimate of drug-likeness (QED) is 0.112. The summed E-state index contributed by atoms with van der Waals surface area (Å²) in [6.07, 6.45) is 9.21. The molecule has 3 aliphatic heterocycles. The normalized spacial score (nSPS) is 35.2. The van der Waals surface area contributed by atoms with E-state index in [-0.39, 0.29) is 55.6 Å². The Labute approximate surface area is 410 Å². The number of cyclic esters (lactones) is 1. The van der Waals surface area contributed by atoms with E-state index in [0.29, 0.717) is 50.7 Å². The molecule has 3 N–H and O–H groups in total. The minimum Gasteiger partial charge on any atom is -0.456 e. The maximum Gasteiger partial charge on any atom is 0.329 e. The third-order valence-electron chi connectivity index (χ3n) is 15.5. The van der Waals surface area contributed by atoms with E-state index in [9.17, 15) is 29.4 Å². The first-order valence-electron chi connectivity index (χ1n) is 25.6. The molecule has 382 valence electrons. The smallest absolute Gasteiger partial charge is 0.329 e. The summed E-state index contributed by atoms with van der Waals surface area (Å²) in [7, 11) is 3.09. The number of carbonyl (C=O) groups is 4. The molecular formula is C55H81N3O11. The van der Waals surface area contributed by atoms with Crippen LogP contribution in [0.3, 0.4) is 0 Å². The second-order valence-corrected chi connectivity index (χ2v) is 20.6. The molecule has 14 heteroatoms. The summed E-state index contributed by atoms with van der Waals surface area (Å²) in [6, 6.07) is 7.42. The number of Topliss-reactive ketones (excluding diaryl/α,β-unsaturated/α-hetero) is 2. The van der Waals surface area contributed by atoms with Gasteiger partial charge in [-0.05, 0) is 127 Å². The topological polar surface area (TPSA) is 175 Å². The van der Waals surface area contributed by atoms with Crippen LogP contribution in [0.25, 0.3) is 10.9 Å². The van der Waals surface area contributed by atoms with E-state index in [1.54, 1.807) is 28.1 Å². The van der Waals surface area contributed by atoms with Gasteiger partial charge in [0.2, 0.25) is 5.79 Å². The van der Waals surface area contributed by atoms with Crippen molar-refractivity contribution < 1.29 is 53.1 Å². The molecule has 1 aromatic carbocycles. The third-order valence-corrected chi connectivity index (χ3v) is 15.5. The number of piperidine rings is 1. The number of ketones is 2. The third kappa shape index (κ3) is 12.7. The highest BCUT2D eigenvalue weighted by Gasteiger charge is 2.56. The lowest BCUT2D eigenvalue weighted by Crippen LogP contribution is -2.64. The van der Waals surface area contributed by atoms with E-state index in [4.69, 9.17) is 23.7 Å².